The first-order chi connectivity index (χ1) is 6.93. The second-order valence-electron chi connectivity index (χ2n) is 3.14. The van der Waals surface area contributed by atoms with Gasteiger partial charge in [0.1, 0.15) is 5.69 Å². The van der Waals surface area contributed by atoms with E-state index >= 15 is 0 Å². The van der Waals surface area contributed by atoms with Gasteiger partial charge in [0.2, 0.25) is 0 Å². The highest BCUT2D eigenvalue weighted by Crippen LogP contribution is 2.26. The lowest BCUT2D eigenvalue weighted by atomic mass is 10.0. The Kier molecular flexibility index (Phi) is 2.89. The van der Waals surface area contributed by atoms with Crippen molar-refractivity contribution in [1.82, 2.24) is 0 Å². The van der Waals surface area contributed by atoms with E-state index in [1.807, 2.05) is 0 Å². The van der Waals surface area contributed by atoms with Crippen LogP contribution in [0.2, 0.25) is 0 Å². The van der Waals surface area contributed by atoms with E-state index in [-0.39, 0.29) is 11.4 Å². The number of carbonyl (C=O) groups is 1. The normalized spacial score (nSPS) is 12.1. The van der Waals surface area contributed by atoms with Gasteiger partial charge in [-0.2, -0.15) is 0 Å². The molecule has 0 fully saturated rings. The number of rotatable bonds is 3. The largest absolute Gasteiger partial charge is 0.481 e. The van der Waals surface area contributed by atoms with Gasteiger partial charge in [0.25, 0.3) is 5.69 Å². The molecule has 1 atom stereocenters. The van der Waals surface area contributed by atoms with E-state index in [1.54, 1.807) is 0 Å². The Morgan fingerprint density at radius 1 is 1.60 bits per heavy atom. The van der Waals surface area contributed by atoms with Crippen molar-refractivity contribution in [2.45, 2.75) is 12.8 Å². The van der Waals surface area contributed by atoms with Crippen LogP contribution in [0.5, 0.6) is 0 Å². The fourth-order valence-electron chi connectivity index (χ4n) is 1.13. The maximum absolute atomic E-state index is 10.7. The van der Waals surface area contributed by atoms with E-state index in [0.717, 1.165) is 0 Å². The van der Waals surface area contributed by atoms with Gasteiger partial charge < -0.3 is 10.8 Å². The second kappa shape index (κ2) is 3.95. The maximum atomic E-state index is 10.7. The number of nitro benzene ring substituents is 1. The Morgan fingerprint density at radius 3 is 2.67 bits per heavy atom. The summed E-state index contributed by atoms with van der Waals surface area (Å²) in [5.41, 5.74) is 5.51. The molecule has 1 aromatic rings. The zero-order chi connectivity index (χ0) is 11.6. The van der Waals surface area contributed by atoms with Gasteiger partial charge in [0.15, 0.2) is 0 Å². The minimum atomic E-state index is -1.03. The van der Waals surface area contributed by atoms with Crippen LogP contribution >= 0.6 is 0 Å². The lowest BCUT2D eigenvalue weighted by molar-refractivity contribution is -0.384. The van der Waals surface area contributed by atoms with Gasteiger partial charge in [-0.1, -0.05) is 6.07 Å². The molecule has 0 saturated heterocycles. The Bertz CT molecular complexity index is 417. The van der Waals surface area contributed by atoms with Gasteiger partial charge in [-0.3, -0.25) is 14.9 Å². The Hall–Kier alpha value is -2.11. The Labute approximate surface area is 85.5 Å². The van der Waals surface area contributed by atoms with E-state index < -0.39 is 16.8 Å². The monoisotopic (exact) mass is 210 g/mol. The maximum Gasteiger partial charge on any atom is 0.310 e. The zero-order valence-electron chi connectivity index (χ0n) is 8.01. The van der Waals surface area contributed by atoms with E-state index in [4.69, 9.17) is 10.8 Å². The molecule has 0 aromatic heterocycles. The van der Waals surface area contributed by atoms with Crippen LogP contribution in [0.4, 0.5) is 11.4 Å². The van der Waals surface area contributed by atoms with Crippen LogP contribution in [0.1, 0.15) is 18.4 Å². The molecule has 1 aromatic carbocycles. The van der Waals surface area contributed by atoms with Crippen LogP contribution in [-0.2, 0) is 4.79 Å². The minimum Gasteiger partial charge on any atom is -0.481 e. The topological polar surface area (TPSA) is 106 Å². The zero-order valence-corrected chi connectivity index (χ0v) is 8.01. The summed E-state index contributed by atoms with van der Waals surface area (Å²) in [6.45, 7) is 1.46. The molecule has 0 bridgehead atoms. The number of benzene rings is 1. The molecule has 0 heterocycles. The molecule has 0 spiro atoms. The first-order valence-electron chi connectivity index (χ1n) is 4.20. The molecule has 0 unspecified atom stereocenters. The number of nitrogens with two attached hydrogens (primary N) is 1. The number of carboxylic acids is 1. The number of nitrogens with zero attached hydrogens (tertiary/aromatic N) is 1. The number of hydrogen-bond acceptors (Lipinski definition) is 4. The summed E-state index contributed by atoms with van der Waals surface area (Å²) in [7, 11) is 0. The SMILES string of the molecule is C[C@H](C(=O)O)c1ccc(N)c([N+](=O)[O-])c1. The first-order valence-corrected chi connectivity index (χ1v) is 4.20. The van der Waals surface area contributed by atoms with Crippen LogP contribution in [0.25, 0.3) is 0 Å². The lowest BCUT2D eigenvalue weighted by Crippen LogP contribution is -2.08. The molecule has 3 N–H and O–H groups in total. The molecule has 0 amide bonds. The summed E-state index contributed by atoms with van der Waals surface area (Å²) in [6, 6.07) is 4.00. The first kappa shape index (κ1) is 11.0. The minimum absolute atomic E-state index is 0.0290. The number of carboxylic acid groups (broad SMARTS) is 1. The molecular weight excluding hydrogens is 200 g/mol. The second-order valence-corrected chi connectivity index (χ2v) is 3.14. The fourth-order valence-corrected chi connectivity index (χ4v) is 1.13. The highest BCUT2D eigenvalue weighted by Gasteiger charge is 2.18. The third kappa shape index (κ3) is 2.22. The van der Waals surface area contributed by atoms with Gasteiger partial charge in [-0.15, -0.1) is 0 Å². The highest BCUT2D eigenvalue weighted by atomic mass is 16.6. The summed E-state index contributed by atoms with van der Waals surface area (Å²) in [5.74, 6) is -1.82. The Morgan fingerprint density at radius 2 is 2.20 bits per heavy atom. The summed E-state index contributed by atoms with van der Waals surface area (Å²) >= 11 is 0. The van der Waals surface area contributed by atoms with Gasteiger partial charge in [-0.05, 0) is 18.6 Å². The molecule has 0 saturated carbocycles. The van der Waals surface area contributed by atoms with Crippen molar-refractivity contribution in [1.29, 1.82) is 0 Å². The molecular formula is C9H10N2O4. The summed E-state index contributed by atoms with van der Waals surface area (Å²) in [5, 5.41) is 19.3. The number of nitro groups is 1. The van der Waals surface area contributed by atoms with Crippen LogP contribution in [0.15, 0.2) is 18.2 Å². The number of nitrogen functional groups attached to an aromatic ring is 1. The van der Waals surface area contributed by atoms with Gasteiger partial charge in [0.05, 0.1) is 10.8 Å². The van der Waals surface area contributed by atoms with Crippen LogP contribution < -0.4 is 5.73 Å². The van der Waals surface area contributed by atoms with Crippen molar-refractivity contribution in [2.24, 2.45) is 0 Å². The van der Waals surface area contributed by atoms with Crippen LogP contribution in [0, 0.1) is 10.1 Å². The average Bonchev–Trinajstić information content (AvgIpc) is 2.16. The number of anilines is 1. The van der Waals surface area contributed by atoms with Crippen molar-refractivity contribution in [2.75, 3.05) is 5.73 Å². The van der Waals surface area contributed by atoms with E-state index in [2.05, 4.69) is 0 Å². The molecule has 6 nitrogen and oxygen atoms in total. The van der Waals surface area contributed by atoms with Crippen molar-refractivity contribution < 1.29 is 14.8 Å². The third-order valence-electron chi connectivity index (χ3n) is 2.12. The Balaban J connectivity index is 3.18. The third-order valence-corrected chi connectivity index (χ3v) is 2.12. The van der Waals surface area contributed by atoms with Crippen molar-refractivity contribution >= 4 is 17.3 Å². The quantitative estimate of drug-likeness (QED) is 0.445. The molecule has 0 aliphatic heterocycles. The lowest BCUT2D eigenvalue weighted by Gasteiger charge is -2.06. The molecule has 0 radical (unpaired) electrons. The van der Waals surface area contributed by atoms with Crippen LogP contribution in [-0.4, -0.2) is 16.0 Å². The van der Waals surface area contributed by atoms with E-state index in [1.165, 1.54) is 25.1 Å². The molecule has 1 rings (SSSR count). The number of hydrogen-bond donors (Lipinski definition) is 2. The van der Waals surface area contributed by atoms with E-state index in [9.17, 15) is 14.9 Å². The summed E-state index contributed by atoms with van der Waals surface area (Å²) in [6.07, 6.45) is 0. The predicted molar refractivity (Wildman–Crippen MR) is 53.6 cm³/mol. The van der Waals surface area contributed by atoms with Gasteiger partial charge in [-0.25, -0.2) is 0 Å². The summed E-state index contributed by atoms with van der Waals surface area (Å²) in [4.78, 5) is 20.6. The van der Waals surface area contributed by atoms with Crippen molar-refractivity contribution in [3.05, 3.63) is 33.9 Å². The molecule has 15 heavy (non-hydrogen) atoms. The van der Waals surface area contributed by atoms with Gasteiger partial charge in [0, 0.05) is 6.07 Å². The molecule has 0 aliphatic carbocycles. The molecule has 80 valence electrons. The molecule has 6 heteroatoms. The highest BCUT2D eigenvalue weighted by molar-refractivity contribution is 5.76. The summed E-state index contributed by atoms with van der Waals surface area (Å²) < 4.78 is 0. The van der Waals surface area contributed by atoms with E-state index in [0.29, 0.717) is 5.56 Å². The van der Waals surface area contributed by atoms with Crippen LogP contribution in [0.3, 0.4) is 0 Å². The smallest absolute Gasteiger partial charge is 0.310 e. The fraction of sp³-hybridized carbons (Fsp3) is 0.222. The molecule has 0 aliphatic rings. The predicted octanol–water partition coefficient (Wildman–Crippen LogP) is 1.37. The standard InChI is InChI=1S/C9H10N2O4/c1-5(9(12)13)6-2-3-7(10)8(4-6)11(14)15/h2-5H,10H2,1H3,(H,12,13)/t5-/m0/s1. The van der Waals surface area contributed by atoms with Crippen molar-refractivity contribution in [3.8, 4) is 0 Å². The van der Waals surface area contributed by atoms with Gasteiger partial charge >= 0.3 is 5.97 Å². The average molecular weight is 210 g/mol. The van der Waals surface area contributed by atoms with Crippen molar-refractivity contribution in [3.63, 3.8) is 0 Å². The number of aliphatic carboxylic acids is 1.